The first kappa shape index (κ1) is 16.9. The molecule has 0 fully saturated rings. The van der Waals surface area contributed by atoms with E-state index in [4.69, 9.17) is 9.47 Å². The molecule has 6 nitrogen and oxygen atoms in total. The van der Waals surface area contributed by atoms with Crippen LogP contribution in [0.15, 0.2) is 30.5 Å². The fraction of sp³-hybridized carbons (Fsp3) is 0.412. The summed E-state index contributed by atoms with van der Waals surface area (Å²) in [6, 6.07) is 6.77. The molecule has 0 spiro atoms. The SMILES string of the molecule is COC(=O)c1ccc(C2=COCCN2C(=O)OC(C)(C)C)cc1. The van der Waals surface area contributed by atoms with Gasteiger partial charge in [0.25, 0.3) is 0 Å². The van der Waals surface area contributed by atoms with Crippen LogP contribution in [-0.2, 0) is 14.2 Å². The molecule has 0 aliphatic carbocycles. The molecule has 6 heteroatoms. The quantitative estimate of drug-likeness (QED) is 0.784. The molecular weight excluding hydrogens is 298 g/mol. The van der Waals surface area contributed by atoms with Crippen LogP contribution < -0.4 is 0 Å². The molecule has 1 aliphatic rings. The zero-order valence-electron chi connectivity index (χ0n) is 13.8. The van der Waals surface area contributed by atoms with Crippen molar-refractivity contribution in [1.82, 2.24) is 4.90 Å². The van der Waals surface area contributed by atoms with Crippen molar-refractivity contribution >= 4 is 17.8 Å². The molecule has 1 aromatic rings. The topological polar surface area (TPSA) is 65.1 Å². The van der Waals surface area contributed by atoms with Crippen LogP contribution in [0, 0.1) is 0 Å². The lowest BCUT2D eigenvalue weighted by atomic mass is 10.1. The lowest BCUT2D eigenvalue weighted by Crippen LogP contribution is -2.39. The van der Waals surface area contributed by atoms with Gasteiger partial charge in [-0.3, -0.25) is 4.90 Å². The standard InChI is InChI=1S/C17H21NO5/c1-17(2,3)23-16(20)18-9-10-22-11-14(18)12-5-7-13(8-6-12)15(19)21-4/h5-8,11H,9-10H2,1-4H3. The van der Waals surface area contributed by atoms with Gasteiger partial charge in [0, 0.05) is 5.56 Å². The molecule has 0 bridgehead atoms. The van der Waals surface area contributed by atoms with Gasteiger partial charge in [-0.1, -0.05) is 12.1 Å². The van der Waals surface area contributed by atoms with Gasteiger partial charge in [-0.25, -0.2) is 9.59 Å². The molecule has 0 aromatic heterocycles. The van der Waals surface area contributed by atoms with Crippen LogP contribution in [0.5, 0.6) is 0 Å². The average molecular weight is 319 g/mol. The van der Waals surface area contributed by atoms with E-state index in [1.165, 1.54) is 18.3 Å². The lowest BCUT2D eigenvalue weighted by Gasteiger charge is -2.31. The number of methoxy groups -OCH3 is 1. The Labute approximate surface area is 135 Å². The maximum absolute atomic E-state index is 12.4. The van der Waals surface area contributed by atoms with Crippen LogP contribution in [0.25, 0.3) is 5.70 Å². The van der Waals surface area contributed by atoms with E-state index in [0.717, 1.165) is 5.56 Å². The largest absolute Gasteiger partial charge is 0.497 e. The summed E-state index contributed by atoms with van der Waals surface area (Å²) in [5.74, 6) is -0.408. The lowest BCUT2D eigenvalue weighted by molar-refractivity contribution is 0.0296. The van der Waals surface area contributed by atoms with E-state index in [1.807, 2.05) is 20.8 Å². The Hall–Kier alpha value is -2.50. The normalized spacial score (nSPS) is 14.6. The van der Waals surface area contributed by atoms with Gasteiger partial charge >= 0.3 is 12.1 Å². The zero-order valence-corrected chi connectivity index (χ0v) is 13.8. The van der Waals surface area contributed by atoms with Crippen LogP contribution in [0.3, 0.4) is 0 Å². The van der Waals surface area contributed by atoms with Crippen molar-refractivity contribution in [2.45, 2.75) is 26.4 Å². The van der Waals surface area contributed by atoms with Crippen molar-refractivity contribution in [1.29, 1.82) is 0 Å². The van der Waals surface area contributed by atoms with E-state index < -0.39 is 17.7 Å². The van der Waals surface area contributed by atoms with Gasteiger partial charge in [-0.15, -0.1) is 0 Å². The number of benzene rings is 1. The predicted molar refractivity (Wildman–Crippen MR) is 84.7 cm³/mol. The summed E-state index contributed by atoms with van der Waals surface area (Å²) in [5, 5.41) is 0. The minimum Gasteiger partial charge on any atom is -0.497 e. The predicted octanol–water partition coefficient (Wildman–Crippen LogP) is 3.04. The molecule has 0 atom stereocenters. The van der Waals surface area contributed by atoms with Crippen LogP contribution in [0.2, 0.25) is 0 Å². The van der Waals surface area contributed by atoms with E-state index in [-0.39, 0.29) is 0 Å². The smallest absolute Gasteiger partial charge is 0.415 e. The Morgan fingerprint density at radius 1 is 1.17 bits per heavy atom. The first-order valence-electron chi connectivity index (χ1n) is 7.33. The maximum atomic E-state index is 12.4. The van der Waals surface area contributed by atoms with Crippen LogP contribution in [0.4, 0.5) is 4.79 Å². The Morgan fingerprint density at radius 2 is 1.83 bits per heavy atom. The molecule has 1 aliphatic heterocycles. The Balaban J connectivity index is 2.23. The van der Waals surface area contributed by atoms with Crippen molar-refractivity contribution in [3.8, 4) is 0 Å². The van der Waals surface area contributed by atoms with Gasteiger partial charge in [-0.2, -0.15) is 0 Å². The molecule has 2 rings (SSSR count). The van der Waals surface area contributed by atoms with Gasteiger partial charge in [0.1, 0.15) is 18.5 Å². The van der Waals surface area contributed by atoms with Crippen molar-refractivity contribution in [3.05, 3.63) is 41.7 Å². The summed E-state index contributed by atoms with van der Waals surface area (Å²) in [7, 11) is 1.33. The molecule has 0 radical (unpaired) electrons. The molecule has 0 unspecified atom stereocenters. The highest BCUT2D eigenvalue weighted by Crippen LogP contribution is 2.25. The Bertz CT molecular complexity index is 613. The highest BCUT2D eigenvalue weighted by atomic mass is 16.6. The van der Waals surface area contributed by atoms with Gasteiger partial charge in [0.15, 0.2) is 0 Å². The third-order valence-electron chi connectivity index (χ3n) is 3.13. The van der Waals surface area contributed by atoms with Crippen LogP contribution in [0.1, 0.15) is 36.7 Å². The molecular formula is C17H21NO5. The summed E-state index contributed by atoms with van der Waals surface area (Å²) in [6.45, 7) is 6.27. The number of rotatable bonds is 2. The molecule has 124 valence electrons. The summed E-state index contributed by atoms with van der Waals surface area (Å²) in [4.78, 5) is 25.4. The second-order valence-electron chi connectivity index (χ2n) is 6.07. The number of carbonyl (C=O) groups excluding carboxylic acids is 2. The van der Waals surface area contributed by atoms with Crippen LogP contribution >= 0.6 is 0 Å². The first-order valence-corrected chi connectivity index (χ1v) is 7.33. The average Bonchev–Trinajstić information content (AvgIpc) is 2.52. The van der Waals surface area contributed by atoms with E-state index in [2.05, 4.69) is 4.74 Å². The fourth-order valence-electron chi connectivity index (χ4n) is 2.09. The Morgan fingerprint density at radius 3 is 2.39 bits per heavy atom. The number of ether oxygens (including phenoxy) is 3. The monoisotopic (exact) mass is 319 g/mol. The van der Waals surface area contributed by atoms with Crippen molar-refractivity contribution in [2.24, 2.45) is 0 Å². The van der Waals surface area contributed by atoms with Gasteiger partial charge in [0.05, 0.1) is 24.9 Å². The van der Waals surface area contributed by atoms with E-state index in [1.54, 1.807) is 24.3 Å². The first-order chi connectivity index (χ1) is 10.8. The van der Waals surface area contributed by atoms with Gasteiger partial charge in [-0.05, 0) is 32.9 Å². The third-order valence-corrected chi connectivity index (χ3v) is 3.13. The summed E-state index contributed by atoms with van der Waals surface area (Å²) >= 11 is 0. The van der Waals surface area contributed by atoms with Crippen LogP contribution in [-0.4, -0.2) is 42.8 Å². The summed E-state index contributed by atoms with van der Waals surface area (Å²) < 4.78 is 15.4. The highest BCUT2D eigenvalue weighted by molar-refractivity contribution is 5.90. The molecule has 0 N–H and O–H groups in total. The second-order valence-corrected chi connectivity index (χ2v) is 6.07. The Kier molecular flexibility index (Phi) is 4.93. The van der Waals surface area contributed by atoms with E-state index in [9.17, 15) is 9.59 Å². The summed E-state index contributed by atoms with van der Waals surface area (Å²) in [5.41, 5.74) is 1.22. The zero-order chi connectivity index (χ0) is 17.0. The molecule has 0 saturated carbocycles. The molecule has 1 amide bonds. The van der Waals surface area contributed by atoms with Crippen molar-refractivity contribution < 1.29 is 23.8 Å². The third kappa shape index (κ3) is 4.25. The number of esters is 1. The molecule has 23 heavy (non-hydrogen) atoms. The van der Waals surface area contributed by atoms with E-state index >= 15 is 0 Å². The fourth-order valence-corrected chi connectivity index (χ4v) is 2.09. The minimum atomic E-state index is -0.574. The highest BCUT2D eigenvalue weighted by Gasteiger charge is 2.27. The van der Waals surface area contributed by atoms with Gasteiger partial charge in [0.2, 0.25) is 0 Å². The van der Waals surface area contributed by atoms with Crippen molar-refractivity contribution in [3.63, 3.8) is 0 Å². The van der Waals surface area contributed by atoms with Gasteiger partial charge < -0.3 is 14.2 Å². The molecule has 1 heterocycles. The number of carbonyl (C=O) groups is 2. The number of hydrogen-bond donors (Lipinski definition) is 0. The maximum Gasteiger partial charge on any atom is 0.415 e. The van der Waals surface area contributed by atoms with Crippen molar-refractivity contribution in [2.75, 3.05) is 20.3 Å². The second kappa shape index (κ2) is 6.73. The molecule has 1 aromatic carbocycles. The molecule has 0 saturated heterocycles. The minimum absolute atomic E-state index is 0.402. The number of amides is 1. The van der Waals surface area contributed by atoms with E-state index in [0.29, 0.717) is 24.4 Å². The number of nitrogens with zero attached hydrogens (tertiary/aromatic N) is 1. The number of hydrogen-bond acceptors (Lipinski definition) is 5. The summed E-state index contributed by atoms with van der Waals surface area (Å²) in [6.07, 6.45) is 1.10.